The monoisotopic (exact) mass is 896 g/mol. The zero-order valence-electron chi connectivity index (χ0n) is 37.6. The van der Waals surface area contributed by atoms with Crippen molar-refractivity contribution in [3.05, 3.63) is 35.0 Å². The van der Waals surface area contributed by atoms with E-state index >= 15 is 0 Å². The van der Waals surface area contributed by atoms with Gasteiger partial charge in [0.1, 0.15) is 30.0 Å². The van der Waals surface area contributed by atoms with Crippen molar-refractivity contribution in [3.63, 3.8) is 0 Å². The molecule has 0 spiro atoms. The lowest BCUT2D eigenvalue weighted by molar-refractivity contribution is -0.143. The third-order valence-electron chi connectivity index (χ3n) is 10.9. The predicted molar refractivity (Wildman–Crippen MR) is 236 cm³/mol. The standard InChI is InChI=1S/C19H21ClN4O2.C14H23N3O3.C12H21NO4/c1-24-16-11-13(20)7-6-12(16)10-17(24)19(26)23-15-5-3-2-4-14(15)18(25)22-9-8-21;1-14(2,3)20-13(19)17-11-7-5-4-6-10(11)12(18)16-9-8-15;1-12(2,3)17-11(16)13-9-7-5-4-6-8(9)10(14)15/h6-7,10-11,14-15H,2-5,9H2,1H3,(H,22,25)(H,23,26);10-11H,4-7,9H2,1-3H3,(H,16,18)(H,17,19);8-9H,4-7H2,1-3H3,(H,13,16)(H,14,15)/t14-,15+;10-,11+;8-,9+/m111/s1. The van der Waals surface area contributed by atoms with Gasteiger partial charge in [-0.2, -0.15) is 10.5 Å². The highest BCUT2D eigenvalue weighted by molar-refractivity contribution is 6.31. The Morgan fingerprint density at radius 3 is 1.52 bits per heavy atom. The third kappa shape index (κ3) is 17.3. The first-order valence-corrected chi connectivity index (χ1v) is 22.1. The molecule has 3 aliphatic rings. The van der Waals surface area contributed by atoms with Crippen molar-refractivity contribution in [2.75, 3.05) is 13.1 Å². The van der Waals surface area contributed by atoms with Gasteiger partial charge in [0.2, 0.25) is 11.8 Å². The number of halogens is 1. The lowest BCUT2D eigenvalue weighted by Gasteiger charge is -2.31. The first-order chi connectivity index (χ1) is 29.6. The Labute approximate surface area is 375 Å². The zero-order valence-corrected chi connectivity index (χ0v) is 38.4. The number of aliphatic carboxylic acids is 1. The van der Waals surface area contributed by atoms with Crippen LogP contribution in [0, 0.1) is 40.4 Å². The first-order valence-electron chi connectivity index (χ1n) is 21.7. The molecule has 18 heteroatoms. The number of alkyl carbamates (subject to hydrolysis) is 2. The minimum Gasteiger partial charge on any atom is -0.481 e. The second-order valence-corrected chi connectivity index (χ2v) is 18.6. The van der Waals surface area contributed by atoms with E-state index in [0.29, 0.717) is 30.0 Å². The van der Waals surface area contributed by atoms with Crippen molar-refractivity contribution in [2.45, 2.75) is 148 Å². The van der Waals surface area contributed by atoms with Crippen LogP contribution >= 0.6 is 11.6 Å². The van der Waals surface area contributed by atoms with Gasteiger partial charge >= 0.3 is 18.2 Å². The number of hydrogen-bond acceptors (Lipinski definition) is 10. The molecule has 5 amide bonds. The molecule has 0 bridgehead atoms. The van der Waals surface area contributed by atoms with Crippen LogP contribution in [0.1, 0.15) is 129 Å². The number of rotatable bonds is 9. The average molecular weight is 898 g/mol. The van der Waals surface area contributed by atoms with Crippen molar-refractivity contribution >= 4 is 58.4 Å². The molecule has 2 aromatic rings. The number of carbonyl (C=O) groups excluding carboxylic acids is 5. The summed E-state index contributed by atoms with van der Waals surface area (Å²) in [5.74, 6) is -2.46. The lowest BCUT2D eigenvalue weighted by atomic mass is 9.83. The van der Waals surface area contributed by atoms with E-state index in [1.807, 2.05) is 42.0 Å². The Kier molecular flexibility index (Phi) is 20.0. The topological polar surface area (TPSA) is 254 Å². The minimum absolute atomic E-state index is 0.00547. The van der Waals surface area contributed by atoms with Gasteiger partial charge in [0, 0.05) is 41.1 Å². The van der Waals surface area contributed by atoms with Crippen LogP contribution in [-0.2, 0) is 30.9 Å². The quantitative estimate of drug-likeness (QED) is 0.146. The number of hydrogen-bond donors (Lipinski definition) is 6. The van der Waals surface area contributed by atoms with Crippen molar-refractivity contribution in [2.24, 2.45) is 24.8 Å². The highest BCUT2D eigenvalue weighted by Gasteiger charge is 2.35. The van der Waals surface area contributed by atoms with Crippen LogP contribution in [-0.4, -0.2) is 88.0 Å². The molecule has 0 saturated heterocycles. The number of aryl methyl sites for hydroxylation is 1. The Bertz CT molecular complexity index is 1990. The van der Waals surface area contributed by atoms with Gasteiger partial charge < -0.3 is 45.7 Å². The van der Waals surface area contributed by atoms with Gasteiger partial charge in [0.15, 0.2) is 0 Å². The second-order valence-electron chi connectivity index (χ2n) is 18.1. The highest BCUT2D eigenvalue weighted by atomic mass is 35.5. The molecule has 3 saturated carbocycles. The summed E-state index contributed by atoms with van der Waals surface area (Å²) < 4.78 is 12.2. The van der Waals surface area contributed by atoms with E-state index in [1.165, 1.54) is 0 Å². The molecule has 5 rings (SSSR count). The van der Waals surface area contributed by atoms with Gasteiger partial charge in [-0.1, -0.05) is 56.2 Å². The summed E-state index contributed by atoms with van der Waals surface area (Å²) in [5, 5.41) is 41.4. The molecule has 3 aliphatic carbocycles. The molecule has 1 heterocycles. The van der Waals surface area contributed by atoms with Crippen molar-refractivity contribution in [1.29, 1.82) is 10.5 Å². The zero-order chi connectivity index (χ0) is 46.9. The van der Waals surface area contributed by atoms with E-state index in [4.69, 9.17) is 36.7 Å². The number of nitriles is 2. The SMILES string of the molecule is CC(C)(C)OC(=O)N[C@H]1CCCC[C@H]1C(=O)NCC#N.CC(C)(C)OC(=O)N[C@H]1CCCC[C@H]1C(=O)O.Cn1c(C(=O)N[C@H]2CCCC[C@H]2C(=O)NCC#N)cc2ccc(Cl)cc21. The minimum atomic E-state index is -0.842. The summed E-state index contributed by atoms with van der Waals surface area (Å²) in [6, 6.07) is 10.4. The van der Waals surface area contributed by atoms with E-state index in [-0.39, 0.29) is 60.8 Å². The number of nitrogens with one attached hydrogen (secondary N) is 5. The van der Waals surface area contributed by atoms with Crippen molar-refractivity contribution < 1.29 is 43.3 Å². The van der Waals surface area contributed by atoms with Crippen LogP contribution in [0.15, 0.2) is 24.3 Å². The summed E-state index contributed by atoms with van der Waals surface area (Å²) in [6.07, 6.45) is 8.94. The fraction of sp³-hybridized carbons (Fsp3) is 0.644. The van der Waals surface area contributed by atoms with Crippen LogP contribution in [0.4, 0.5) is 9.59 Å². The highest BCUT2D eigenvalue weighted by Crippen LogP contribution is 2.28. The van der Waals surface area contributed by atoms with Gasteiger partial charge in [-0.25, -0.2) is 9.59 Å². The number of carboxylic acid groups (broad SMARTS) is 1. The van der Waals surface area contributed by atoms with Crippen LogP contribution in [0.3, 0.4) is 0 Å². The molecule has 0 radical (unpaired) electrons. The maximum atomic E-state index is 12.8. The summed E-state index contributed by atoms with van der Waals surface area (Å²) in [5.41, 5.74) is 0.299. The number of ether oxygens (including phenoxy) is 2. The number of fused-ring (bicyclic) bond motifs is 1. The summed E-state index contributed by atoms with van der Waals surface area (Å²) in [4.78, 5) is 71.5. The molecule has 6 N–H and O–H groups in total. The summed E-state index contributed by atoms with van der Waals surface area (Å²) >= 11 is 6.05. The fourth-order valence-corrected chi connectivity index (χ4v) is 8.20. The van der Waals surface area contributed by atoms with E-state index in [9.17, 15) is 28.8 Å². The number of carbonyl (C=O) groups is 6. The second kappa shape index (κ2) is 24.3. The van der Waals surface area contributed by atoms with Crippen LogP contribution in [0.5, 0.6) is 0 Å². The molecule has 17 nitrogen and oxygen atoms in total. The molecule has 6 atom stereocenters. The molecule has 1 aromatic carbocycles. The van der Waals surface area contributed by atoms with Gasteiger partial charge in [0.25, 0.3) is 5.91 Å². The summed E-state index contributed by atoms with van der Waals surface area (Å²) in [7, 11) is 1.82. The van der Waals surface area contributed by atoms with Gasteiger partial charge in [-0.05, 0) is 98.3 Å². The smallest absolute Gasteiger partial charge is 0.407 e. The largest absolute Gasteiger partial charge is 0.481 e. The Morgan fingerprint density at radius 1 is 0.683 bits per heavy atom. The molecule has 0 unspecified atom stereocenters. The van der Waals surface area contributed by atoms with Gasteiger partial charge in [-0.3, -0.25) is 19.2 Å². The fourth-order valence-electron chi connectivity index (χ4n) is 8.03. The Hall–Kier alpha value is -5.55. The van der Waals surface area contributed by atoms with E-state index in [2.05, 4.69) is 26.6 Å². The number of aromatic nitrogens is 1. The maximum Gasteiger partial charge on any atom is 0.407 e. The molecule has 346 valence electrons. The number of nitrogens with zero attached hydrogens (tertiary/aromatic N) is 3. The number of amides is 5. The molecule has 63 heavy (non-hydrogen) atoms. The predicted octanol–water partition coefficient (Wildman–Crippen LogP) is 6.62. The Balaban J connectivity index is 0.000000259. The molecule has 1 aromatic heterocycles. The van der Waals surface area contributed by atoms with Gasteiger partial charge in [0.05, 0.1) is 29.9 Å². The van der Waals surface area contributed by atoms with E-state index < -0.39 is 35.3 Å². The maximum absolute atomic E-state index is 12.8. The van der Waals surface area contributed by atoms with E-state index in [1.54, 1.807) is 47.6 Å². The van der Waals surface area contributed by atoms with E-state index in [0.717, 1.165) is 68.7 Å². The van der Waals surface area contributed by atoms with Crippen LogP contribution < -0.4 is 26.6 Å². The number of benzene rings is 1. The average Bonchev–Trinajstić information content (AvgIpc) is 3.53. The summed E-state index contributed by atoms with van der Waals surface area (Å²) in [6.45, 7) is 10.7. The van der Waals surface area contributed by atoms with Gasteiger partial charge in [-0.15, -0.1) is 0 Å². The number of carboxylic acids is 1. The molecular formula is C45H65ClN8O9. The normalized spacial score (nSPS) is 22.1. The lowest BCUT2D eigenvalue weighted by Crippen LogP contribution is -2.49. The van der Waals surface area contributed by atoms with Crippen LogP contribution in [0.25, 0.3) is 10.9 Å². The molecular weight excluding hydrogens is 832 g/mol. The van der Waals surface area contributed by atoms with Crippen molar-refractivity contribution in [3.8, 4) is 12.1 Å². The van der Waals surface area contributed by atoms with Crippen molar-refractivity contribution in [1.82, 2.24) is 31.2 Å². The third-order valence-corrected chi connectivity index (χ3v) is 11.2. The Morgan fingerprint density at radius 2 is 1.10 bits per heavy atom. The van der Waals surface area contributed by atoms with Crippen LogP contribution in [0.2, 0.25) is 5.02 Å². The molecule has 0 aliphatic heterocycles. The molecule has 3 fully saturated rings. The first kappa shape index (κ1) is 51.8.